The van der Waals surface area contributed by atoms with Gasteiger partial charge in [0.05, 0.1) is 27.7 Å². The molecule has 10 heteroatoms. The van der Waals surface area contributed by atoms with E-state index in [0.29, 0.717) is 17.4 Å². The van der Waals surface area contributed by atoms with Crippen molar-refractivity contribution in [2.24, 2.45) is 0 Å². The monoisotopic (exact) mass is 844 g/mol. The minimum absolute atomic E-state index is 0.0283. The standard InChI is InChI=1S/C48H94NO8P/c1-6-8-10-12-14-16-18-20-22-24-26-28-30-32-34-36-38-40-47(50)54-44-46(45-56-58(52,53)55-43-42-49(3,4)5)57-48(51)41-39-37-35-33-31-29-27-25-23-21-19-17-15-13-11-9-7-2/h21,23,46H,6-20,22,24-45H2,1-5H3/b23-21+/t46-/m1/s1. The fourth-order valence-electron chi connectivity index (χ4n) is 6.95. The summed E-state index contributed by atoms with van der Waals surface area (Å²) in [5, 5.41) is 0. The van der Waals surface area contributed by atoms with Crippen molar-refractivity contribution in [3.05, 3.63) is 12.2 Å². The van der Waals surface area contributed by atoms with Crippen molar-refractivity contribution in [2.45, 2.75) is 238 Å². The zero-order chi connectivity index (χ0) is 42.8. The summed E-state index contributed by atoms with van der Waals surface area (Å²) in [6.07, 6.45) is 43.7. The van der Waals surface area contributed by atoms with Crippen LogP contribution in [0.15, 0.2) is 12.2 Å². The van der Waals surface area contributed by atoms with Crippen LogP contribution < -0.4 is 4.89 Å². The molecule has 0 spiro atoms. The fourth-order valence-corrected chi connectivity index (χ4v) is 7.67. The second-order valence-corrected chi connectivity index (χ2v) is 19.2. The van der Waals surface area contributed by atoms with Gasteiger partial charge in [0.2, 0.25) is 0 Å². The quantitative estimate of drug-likeness (QED) is 0.0196. The molecule has 0 N–H and O–H groups in total. The van der Waals surface area contributed by atoms with Gasteiger partial charge in [-0.3, -0.25) is 14.2 Å². The molecule has 0 bridgehead atoms. The first kappa shape index (κ1) is 56.8. The van der Waals surface area contributed by atoms with Gasteiger partial charge in [0.15, 0.2) is 6.10 Å². The number of likely N-dealkylation sites (N-methyl/N-ethyl adjacent to an activating group) is 1. The summed E-state index contributed by atoms with van der Waals surface area (Å²) < 4.78 is 34.0. The largest absolute Gasteiger partial charge is 0.756 e. The molecule has 0 radical (unpaired) electrons. The number of quaternary nitrogens is 1. The number of carbonyl (C=O) groups is 2. The van der Waals surface area contributed by atoms with Gasteiger partial charge in [0.1, 0.15) is 19.8 Å². The van der Waals surface area contributed by atoms with E-state index in [1.807, 2.05) is 21.1 Å². The van der Waals surface area contributed by atoms with Crippen molar-refractivity contribution < 1.29 is 42.1 Å². The van der Waals surface area contributed by atoms with Crippen LogP contribution in [0.5, 0.6) is 0 Å². The Hall–Kier alpha value is -1.25. The zero-order valence-corrected chi connectivity index (χ0v) is 39.7. The summed E-state index contributed by atoms with van der Waals surface area (Å²) in [6.45, 7) is 4.26. The number of nitrogens with zero attached hydrogens (tertiary/aromatic N) is 1. The lowest BCUT2D eigenvalue weighted by Crippen LogP contribution is -2.37. The molecule has 0 aliphatic heterocycles. The van der Waals surface area contributed by atoms with Crippen molar-refractivity contribution in [1.29, 1.82) is 0 Å². The molecule has 0 aliphatic rings. The van der Waals surface area contributed by atoms with Gasteiger partial charge < -0.3 is 27.9 Å². The molecular formula is C48H94NO8P. The molecule has 9 nitrogen and oxygen atoms in total. The summed E-state index contributed by atoms with van der Waals surface area (Å²) in [6, 6.07) is 0. The molecule has 0 aromatic carbocycles. The minimum atomic E-state index is -4.62. The van der Waals surface area contributed by atoms with Gasteiger partial charge in [-0.05, 0) is 38.5 Å². The third kappa shape index (κ3) is 44.3. The molecule has 0 fully saturated rings. The summed E-state index contributed by atoms with van der Waals surface area (Å²) in [5.41, 5.74) is 0. The number of phosphoric ester groups is 1. The summed E-state index contributed by atoms with van der Waals surface area (Å²) >= 11 is 0. The zero-order valence-electron chi connectivity index (χ0n) is 38.8. The van der Waals surface area contributed by atoms with Crippen molar-refractivity contribution in [1.82, 2.24) is 0 Å². The average Bonchev–Trinajstić information content (AvgIpc) is 3.17. The highest BCUT2D eigenvalue weighted by Gasteiger charge is 2.21. The van der Waals surface area contributed by atoms with Crippen LogP contribution in [0.4, 0.5) is 0 Å². The van der Waals surface area contributed by atoms with Gasteiger partial charge >= 0.3 is 11.9 Å². The molecule has 0 rings (SSSR count). The lowest BCUT2D eigenvalue weighted by molar-refractivity contribution is -0.870. The van der Waals surface area contributed by atoms with E-state index < -0.39 is 26.5 Å². The topological polar surface area (TPSA) is 111 Å². The Balaban J connectivity index is 4.27. The third-order valence-electron chi connectivity index (χ3n) is 10.8. The highest BCUT2D eigenvalue weighted by Crippen LogP contribution is 2.38. The Kier molecular flexibility index (Phi) is 40.2. The van der Waals surface area contributed by atoms with Crippen molar-refractivity contribution in [2.75, 3.05) is 47.5 Å². The van der Waals surface area contributed by atoms with Crippen LogP contribution in [-0.2, 0) is 32.7 Å². The number of carbonyl (C=O) groups excluding carboxylic acids is 2. The Morgan fingerprint density at radius 3 is 1.28 bits per heavy atom. The maximum atomic E-state index is 12.7. The molecule has 2 atom stereocenters. The molecule has 0 aliphatic carbocycles. The van der Waals surface area contributed by atoms with E-state index in [-0.39, 0.29) is 32.0 Å². The average molecular weight is 844 g/mol. The SMILES string of the molecule is CCCCCCCC/C=C/CCCCCCCCCC(=O)O[C@H](COC(=O)CCCCCCCCCCCCCCCCCCC)COP(=O)([O-])OCC[N+](C)(C)C. The number of rotatable bonds is 45. The Morgan fingerprint density at radius 2 is 0.879 bits per heavy atom. The van der Waals surface area contributed by atoms with E-state index in [2.05, 4.69) is 26.0 Å². The van der Waals surface area contributed by atoms with Crippen molar-refractivity contribution in [3.8, 4) is 0 Å². The maximum absolute atomic E-state index is 12.7. The summed E-state index contributed by atoms with van der Waals surface area (Å²) in [7, 11) is 1.17. The Labute approximate surface area is 358 Å². The lowest BCUT2D eigenvalue weighted by atomic mass is 10.0. The molecule has 0 aromatic rings. The summed E-state index contributed by atoms with van der Waals surface area (Å²) in [4.78, 5) is 37.6. The number of hydrogen-bond acceptors (Lipinski definition) is 8. The van der Waals surface area contributed by atoms with E-state index in [0.717, 1.165) is 44.9 Å². The van der Waals surface area contributed by atoms with Crippen LogP contribution in [0, 0.1) is 0 Å². The molecule has 0 saturated carbocycles. The van der Waals surface area contributed by atoms with E-state index in [4.69, 9.17) is 18.5 Å². The van der Waals surface area contributed by atoms with Gasteiger partial charge in [0, 0.05) is 12.8 Å². The van der Waals surface area contributed by atoms with Crippen molar-refractivity contribution in [3.63, 3.8) is 0 Å². The second kappa shape index (κ2) is 41.1. The van der Waals surface area contributed by atoms with E-state index in [1.165, 1.54) is 154 Å². The first-order valence-electron chi connectivity index (χ1n) is 24.4. The van der Waals surface area contributed by atoms with E-state index in [9.17, 15) is 19.0 Å². The lowest BCUT2D eigenvalue weighted by Gasteiger charge is -2.28. The molecule has 0 aromatic heterocycles. The van der Waals surface area contributed by atoms with Crippen LogP contribution >= 0.6 is 7.82 Å². The van der Waals surface area contributed by atoms with Gasteiger partial charge in [0.25, 0.3) is 7.82 Å². The predicted octanol–water partition coefficient (Wildman–Crippen LogP) is 13.5. The van der Waals surface area contributed by atoms with Crippen LogP contribution in [0.2, 0.25) is 0 Å². The normalized spacial score (nSPS) is 13.6. The molecule has 1 unspecified atom stereocenters. The number of hydrogen-bond donors (Lipinski definition) is 0. The number of esters is 2. The highest BCUT2D eigenvalue weighted by atomic mass is 31.2. The number of unbranched alkanes of at least 4 members (excludes halogenated alkanes) is 29. The van der Waals surface area contributed by atoms with E-state index >= 15 is 0 Å². The molecular weight excluding hydrogens is 750 g/mol. The van der Waals surface area contributed by atoms with Gasteiger partial charge in [-0.1, -0.05) is 193 Å². The van der Waals surface area contributed by atoms with Crippen LogP contribution in [0.1, 0.15) is 232 Å². The van der Waals surface area contributed by atoms with Gasteiger partial charge in [-0.2, -0.15) is 0 Å². The first-order valence-corrected chi connectivity index (χ1v) is 25.9. The predicted molar refractivity (Wildman–Crippen MR) is 241 cm³/mol. The molecule has 0 saturated heterocycles. The number of ether oxygens (including phenoxy) is 2. The minimum Gasteiger partial charge on any atom is -0.756 e. The number of phosphoric acid groups is 1. The second-order valence-electron chi connectivity index (χ2n) is 17.8. The summed E-state index contributed by atoms with van der Waals surface area (Å²) in [5.74, 6) is -0.826. The van der Waals surface area contributed by atoms with Crippen LogP contribution in [0.25, 0.3) is 0 Å². The molecule has 0 amide bonds. The third-order valence-corrected chi connectivity index (χ3v) is 11.7. The number of allylic oxidation sites excluding steroid dienone is 2. The molecule has 58 heavy (non-hydrogen) atoms. The van der Waals surface area contributed by atoms with Gasteiger partial charge in [-0.15, -0.1) is 0 Å². The maximum Gasteiger partial charge on any atom is 0.306 e. The molecule has 0 heterocycles. The van der Waals surface area contributed by atoms with Gasteiger partial charge in [-0.25, -0.2) is 0 Å². The highest BCUT2D eigenvalue weighted by molar-refractivity contribution is 7.45. The fraction of sp³-hybridized carbons (Fsp3) is 0.917. The van der Waals surface area contributed by atoms with Crippen LogP contribution in [0.3, 0.4) is 0 Å². The Morgan fingerprint density at radius 1 is 0.517 bits per heavy atom. The smallest absolute Gasteiger partial charge is 0.306 e. The van der Waals surface area contributed by atoms with E-state index in [1.54, 1.807) is 0 Å². The first-order chi connectivity index (χ1) is 28.0. The Bertz CT molecular complexity index is 1000. The van der Waals surface area contributed by atoms with Crippen LogP contribution in [-0.4, -0.2) is 70.0 Å². The van der Waals surface area contributed by atoms with Crippen molar-refractivity contribution >= 4 is 19.8 Å². The molecule has 344 valence electrons.